The molecule has 0 saturated heterocycles. The first-order chi connectivity index (χ1) is 11.6. The zero-order valence-corrected chi connectivity index (χ0v) is 13.6. The van der Waals surface area contributed by atoms with Crippen LogP contribution in [-0.4, -0.2) is 47.8 Å². The third-order valence-electron chi connectivity index (χ3n) is 4.04. The summed E-state index contributed by atoms with van der Waals surface area (Å²) in [7, 11) is 3.28. The average molecular weight is 329 g/mol. The lowest BCUT2D eigenvalue weighted by Crippen LogP contribution is -2.39. The molecule has 0 radical (unpaired) electrons. The van der Waals surface area contributed by atoms with Crippen molar-refractivity contribution in [3.63, 3.8) is 0 Å². The van der Waals surface area contributed by atoms with Crippen molar-refractivity contribution in [1.29, 1.82) is 0 Å². The first kappa shape index (κ1) is 16.0. The van der Waals surface area contributed by atoms with Gasteiger partial charge in [-0.3, -0.25) is 20.0 Å². The molecule has 8 nitrogen and oxygen atoms in total. The normalized spacial score (nSPS) is 16.4. The summed E-state index contributed by atoms with van der Waals surface area (Å²) in [6.45, 7) is 0.627. The highest BCUT2D eigenvalue weighted by molar-refractivity contribution is 5.92. The van der Waals surface area contributed by atoms with Crippen LogP contribution in [0.1, 0.15) is 11.4 Å². The highest BCUT2D eigenvalue weighted by Crippen LogP contribution is 2.28. The number of nitrogens with one attached hydrogen (secondary N) is 2. The van der Waals surface area contributed by atoms with E-state index >= 15 is 0 Å². The molecule has 0 spiro atoms. The molecule has 0 fully saturated rings. The minimum atomic E-state index is -0.422. The third-order valence-corrected chi connectivity index (χ3v) is 4.04. The predicted molar refractivity (Wildman–Crippen MR) is 87.6 cm³/mol. The Morgan fingerprint density at radius 3 is 3.00 bits per heavy atom. The van der Waals surface area contributed by atoms with Crippen LogP contribution in [0.3, 0.4) is 0 Å². The summed E-state index contributed by atoms with van der Waals surface area (Å²) >= 11 is 0. The highest BCUT2D eigenvalue weighted by atomic mass is 16.5. The number of nitrogens with zero attached hydrogens (tertiary/aromatic N) is 3. The number of amides is 1. The number of rotatable bonds is 4. The number of anilines is 2. The van der Waals surface area contributed by atoms with Crippen LogP contribution in [0.4, 0.5) is 11.6 Å². The molecule has 2 N–H and O–H groups in total. The molecule has 0 saturated carbocycles. The summed E-state index contributed by atoms with van der Waals surface area (Å²) in [6.07, 6.45) is 0.657. The van der Waals surface area contributed by atoms with E-state index in [-0.39, 0.29) is 24.2 Å². The predicted octanol–water partition coefficient (Wildman–Crippen LogP) is 0.767. The lowest BCUT2D eigenvalue weighted by molar-refractivity contribution is -0.139. The number of H-pyrrole nitrogens is 1. The van der Waals surface area contributed by atoms with Gasteiger partial charge in [0.2, 0.25) is 11.9 Å². The zero-order chi connectivity index (χ0) is 17.1. The Bertz CT molecular complexity index is 758. The van der Waals surface area contributed by atoms with Crippen LogP contribution in [0.5, 0.6) is 0 Å². The molecule has 126 valence electrons. The van der Waals surface area contributed by atoms with E-state index in [0.717, 1.165) is 11.3 Å². The molecule has 1 unspecified atom stereocenters. The summed E-state index contributed by atoms with van der Waals surface area (Å²) in [5.74, 6) is -0.231. The molecule has 2 aromatic rings. The Labute approximate surface area is 139 Å². The van der Waals surface area contributed by atoms with Crippen LogP contribution in [0.15, 0.2) is 24.3 Å². The maximum absolute atomic E-state index is 12.5. The van der Waals surface area contributed by atoms with Gasteiger partial charge in [-0.05, 0) is 18.1 Å². The molecule has 1 aliphatic rings. The van der Waals surface area contributed by atoms with Crippen LogP contribution in [-0.2, 0) is 27.2 Å². The lowest BCUT2D eigenvalue weighted by atomic mass is 9.92. The second-order valence-corrected chi connectivity index (χ2v) is 5.76. The quantitative estimate of drug-likeness (QED) is 0.804. The summed E-state index contributed by atoms with van der Waals surface area (Å²) in [4.78, 5) is 29.9. The zero-order valence-electron chi connectivity index (χ0n) is 13.6. The molecular formula is C16H19N5O3. The summed E-state index contributed by atoms with van der Waals surface area (Å²) < 4.78 is 4.57. The van der Waals surface area contributed by atoms with Gasteiger partial charge in [0.25, 0.3) is 0 Å². The van der Waals surface area contributed by atoms with Crippen LogP contribution >= 0.6 is 0 Å². The molecule has 1 amide bonds. The number of aromatic amines is 1. The Kier molecular flexibility index (Phi) is 4.45. The number of carbonyl (C=O) groups is 2. The molecule has 0 aliphatic carbocycles. The minimum Gasteiger partial charge on any atom is -0.469 e. The number of benzene rings is 1. The van der Waals surface area contributed by atoms with Gasteiger partial charge in [0.15, 0.2) is 0 Å². The van der Waals surface area contributed by atoms with Crippen molar-refractivity contribution in [3.05, 3.63) is 35.7 Å². The van der Waals surface area contributed by atoms with Gasteiger partial charge in [-0.25, -0.2) is 0 Å². The molecular weight excluding hydrogens is 310 g/mol. The smallest absolute Gasteiger partial charge is 0.313 e. The number of para-hydroxylation sites is 1. The van der Waals surface area contributed by atoms with Crippen LogP contribution in [0.2, 0.25) is 0 Å². The third kappa shape index (κ3) is 3.37. The fourth-order valence-electron chi connectivity index (χ4n) is 2.84. The Morgan fingerprint density at radius 1 is 1.42 bits per heavy atom. The number of ether oxygens (including phenoxy) is 1. The fraction of sp³-hybridized carbons (Fsp3) is 0.375. The largest absolute Gasteiger partial charge is 0.469 e. The van der Waals surface area contributed by atoms with E-state index in [1.807, 2.05) is 25.2 Å². The number of carbonyl (C=O) groups excluding carboxylic acids is 2. The summed E-state index contributed by atoms with van der Waals surface area (Å²) in [6, 6.07) is 8.05. The van der Waals surface area contributed by atoms with Crippen molar-refractivity contribution in [2.24, 2.45) is 5.92 Å². The van der Waals surface area contributed by atoms with E-state index in [4.69, 9.17) is 0 Å². The molecule has 1 aromatic carbocycles. The van der Waals surface area contributed by atoms with E-state index in [1.165, 1.54) is 7.11 Å². The minimum absolute atomic E-state index is 0.0150. The monoisotopic (exact) mass is 329 g/mol. The summed E-state index contributed by atoms with van der Waals surface area (Å²) in [5, 5.41) is 9.23. The van der Waals surface area contributed by atoms with Crippen molar-refractivity contribution >= 4 is 23.5 Å². The molecule has 1 aromatic heterocycles. The maximum atomic E-state index is 12.5. The van der Waals surface area contributed by atoms with E-state index in [9.17, 15) is 9.59 Å². The average Bonchev–Trinajstić information content (AvgIpc) is 3.01. The second kappa shape index (κ2) is 6.69. The number of aromatic nitrogens is 3. The van der Waals surface area contributed by atoms with E-state index in [1.54, 1.807) is 0 Å². The Morgan fingerprint density at radius 2 is 2.21 bits per heavy atom. The molecule has 24 heavy (non-hydrogen) atoms. The lowest BCUT2D eigenvalue weighted by Gasteiger charge is -2.32. The molecule has 3 rings (SSSR count). The van der Waals surface area contributed by atoms with Gasteiger partial charge in [0.05, 0.1) is 13.0 Å². The summed E-state index contributed by atoms with van der Waals surface area (Å²) in [5.41, 5.74) is 2.30. The van der Waals surface area contributed by atoms with Gasteiger partial charge in [-0.1, -0.05) is 18.2 Å². The van der Waals surface area contributed by atoms with Crippen molar-refractivity contribution in [2.45, 2.75) is 12.8 Å². The van der Waals surface area contributed by atoms with Crippen molar-refractivity contribution in [3.8, 4) is 0 Å². The Balaban J connectivity index is 1.65. The van der Waals surface area contributed by atoms with E-state index in [2.05, 4.69) is 36.2 Å². The Hall–Kier alpha value is -2.90. The molecule has 0 bridgehead atoms. The van der Waals surface area contributed by atoms with Gasteiger partial charge < -0.3 is 9.64 Å². The molecule has 8 heteroatoms. The maximum Gasteiger partial charge on any atom is 0.313 e. The number of esters is 1. The van der Waals surface area contributed by atoms with Crippen molar-refractivity contribution in [1.82, 2.24) is 15.2 Å². The van der Waals surface area contributed by atoms with Crippen LogP contribution in [0.25, 0.3) is 0 Å². The standard InChI is InChI=1S/C16H19N5O3/c1-21-9-11(7-10-5-3-4-6-12(10)21)15(23)18-16-17-13(19-20-16)8-14(22)24-2/h3-6,11H,7-9H2,1-2H3,(H2,17,18,19,20,23). The van der Waals surface area contributed by atoms with Crippen molar-refractivity contribution in [2.75, 3.05) is 30.9 Å². The van der Waals surface area contributed by atoms with Gasteiger partial charge in [0.1, 0.15) is 12.2 Å². The number of hydrogen-bond donors (Lipinski definition) is 2. The van der Waals surface area contributed by atoms with Crippen molar-refractivity contribution < 1.29 is 14.3 Å². The number of fused-ring (bicyclic) bond motifs is 1. The molecule has 1 atom stereocenters. The second-order valence-electron chi connectivity index (χ2n) is 5.76. The molecule has 2 heterocycles. The van der Waals surface area contributed by atoms with E-state index in [0.29, 0.717) is 18.8 Å². The first-order valence-electron chi connectivity index (χ1n) is 7.65. The fourth-order valence-corrected chi connectivity index (χ4v) is 2.84. The van der Waals surface area contributed by atoms with Gasteiger partial charge in [0, 0.05) is 19.3 Å². The van der Waals surface area contributed by atoms with Crippen LogP contribution in [0, 0.1) is 5.92 Å². The van der Waals surface area contributed by atoms with E-state index < -0.39 is 5.97 Å². The first-order valence-corrected chi connectivity index (χ1v) is 7.65. The van der Waals surface area contributed by atoms with Gasteiger partial charge in [-0.15, -0.1) is 5.10 Å². The highest BCUT2D eigenvalue weighted by Gasteiger charge is 2.28. The van der Waals surface area contributed by atoms with Gasteiger partial charge >= 0.3 is 5.97 Å². The number of methoxy groups -OCH3 is 1. The van der Waals surface area contributed by atoms with Crippen LogP contribution < -0.4 is 10.2 Å². The topological polar surface area (TPSA) is 100 Å². The van der Waals surface area contributed by atoms with Gasteiger partial charge in [-0.2, -0.15) is 4.98 Å². The molecule has 1 aliphatic heterocycles. The number of hydrogen-bond acceptors (Lipinski definition) is 6. The SMILES string of the molecule is COC(=O)Cc1nc(NC(=O)C2Cc3ccccc3N(C)C2)n[nH]1.